The summed E-state index contributed by atoms with van der Waals surface area (Å²) in [4.78, 5) is 23.1. The summed E-state index contributed by atoms with van der Waals surface area (Å²) in [6, 6.07) is 33.7. The van der Waals surface area contributed by atoms with E-state index in [1.54, 1.807) is 6.33 Å². The average molecular weight is 872 g/mol. The first-order chi connectivity index (χ1) is 24.2. The first-order valence-corrected chi connectivity index (χ1v) is 18.8. The Bertz CT molecular complexity index is 2180. The van der Waals surface area contributed by atoms with Crippen LogP contribution in [0.25, 0.3) is 53.8 Å². The zero-order valence-electron chi connectivity index (χ0n) is 30.5. The van der Waals surface area contributed by atoms with E-state index in [9.17, 15) is 9.90 Å². The number of thiophene rings is 1. The van der Waals surface area contributed by atoms with Crippen LogP contribution in [0.15, 0.2) is 103 Å². The Balaban J connectivity index is 0.000000242. The summed E-state index contributed by atoms with van der Waals surface area (Å²) >= 11 is 1.83. The van der Waals surface area contributed by atoms with E-state index in [4.69, 9.17) is 9.97 Å². The number of ketones is 1. The Morgan fingerprint density at radius 3 is 2.18 bits per heavy atom. The number of allylic oxidation sites excluding steroid dienone is 2. The van der Waals surface area contributed by atoms with Gasteiger partial charge in [-0.25, -0.2) is 4.98 Å². The molecule has 4 aromatic carbocycles. The number of hydrogen-bond acceptors (Lipinski definition) is 5. The molecule has 6 aromatic rings. The maximum absolute atomic E-state index is 12.2. The second-order valence-corrected chi connectivity index (χ2v) is 14.9. The van der Waals surface area contributed by atoms with E-state index >= 15 is 0 Å². The molecular formula is C45H47IrN2O2S-. The molecule has 1 aliphatic rings. The topological polar surface area (TPSA) is 63.1 Å². The van der Waals surface area contributed by atoms with Gasteiger partial charge in [0.25, 0.3) is 0 Å². The molecule has 0 saturated carbocycles. The van der Waals surface area contributed by atoms with Crippen LogP contribution in [0.1, 0.15) is 78.4 Å². The van der Waals surface area contributed by atoms with Crippen molar-refractivity contribution < 1.29 is 30.0 Å². The van der Waals surface area contributed by atoms with Crippen LogP contribution >= 0.6 is 11.3 Å². The largest absolute Gasteiger partial charge is 0.512 e. The summed E-state index contributed by atoms with van der Waals surface area (Å²) in [7, 11) is 0. The first-order valence-electron chi connectivity index (χ1n) is 18.0. The van der Waals surface area contributed by atoms with Crippen molar-refractivity contribution in [3.8, 4) is 32.8 Å². The molecule has 2 heterocycles. The molecule has 2 aromatic heterocycles. The molecule has 265 valence electrons. The van der Waals surface area contributed by atoms with E-state index in [-0.39, 0.29) is 42.5 Å². The number of aromatic nitrogens is 2. The number of aliphatic hydroxyl groups is 1. The van der Waals surface area contributed by atoms with Gasteiger partial charge in [-0.3, -0.25) is 9.78 Å². The van der Waals surface area contributed by atoms with Gasteiger partial charge in [0.1, 0.15) is 12.1 Å². The van der Waals surface area contributed by atoms with E-state index < -0.39 is 0 Å². The molecule has 51 heavy (non-hydrogen) atoms. The molecule has 4 nitrogen and oxygen atoms in total. The Morgan fingerprint density at radius 1 is 0.824 bits per heavy atom. The smallest absolute Gasteiger partial charge is 0.164 e. The van der Waals surface area contributed by atoms with Crippen LogP contribution < -0.4 is 0 Å². The van der Waals surface area contributed by atoms with E-state index in [1.165, 1.54) is 44.2 Å². The maximum atomic E-state index is 12.2. The molecule has 7 rings (SSSR count). The van der Waals surface area contributed by atoms with Gasteiger partial charge in [0.15, 0.2) is 5.78 Å². The summed E-state index contributed by atoms with van der Waals surface area (Å²) in [6.45, 7) is 12.1. The summed E-state index contributed by atoms with van der Waals surface area (Å²) in [6.07, 6.45) is 8.56. The van der Waals surface area contributed by atoms with Gasteiger partial charge in [-0.05, 0) is 60.8 Å². The van der Waals surface area contributed by atoms with E-state index in [2.05, 4.69) is 91.0 Å². The van der Waals surface area contributed by atoms with Crippen molar-refractivity contribution in [2.45, 2.75) is 80.1 Å². The van der Waals surface area contributed by atoms with Crippen LogP contribution in [0, 0.1) is 16.9 Å². The van der Waals surface area contributed by atoms with Gasteiger partial charge >= 0.3 is 0 Å². The number of hydrogen-bond donors (Lipinski definition) is 1. The van der Waals surface area contributed by atoms with E-state index in [0.29, 0.717) is 0 Å². The fraction of sp³-hybridized carbons (Fsp3) is 0.311. The van der Waals surface area contributed by atoms with E-state index in [1.807, 2.05) is 52.9 Å². The van der Waals surface area contributed by atoms with Crippen molar-refractivity contribution in [2.75, 3.05) is 0 Å². The number of fused-ring (bicyclic) bond motifs is 6. The summed E-state index contributed by atoms with van der Waals surface area (Å²) in [5.74, 6) is 0.286. The second-order valence-electron chi connectivity index (χ2n) is 13.9. The van der Waals surface area contributed by atoms with Crippen LogP contribution in [0.2, 0.25) is 0 Å². The number of carbonyl (C=O) groups excluding carboxylic acids is 1. The molecule has 0 spiro atoms. The number of aryl methyl sites for hydroxylation is 2. The van der Waals surface area contributed by atoms with Crippen LogP contribution in [0.5, 0.6) is 0 Å². The molecule has 0 aliphatic heterocycles. The number of carbonyl (C=O) groups is 1. The third kappa shape index (κ3) is 7.51. The number of nitrogens with zero attached hydrogens (tertiary/aromatic N) is 2. The van der Waals surface area contributed by atoms with Gasteiger partial charge in [0.05, 0.1) is 5.52 Å². The van der Waals surface area contributed by atoms with E-state index in [0.717, 1.165) is 65.4 Å². The maximum Gasteiger partial charge on any atom is 0.164 e. The summed E-state index contributed by atoms with van der Waals surface area (Å²) in [5, 5.41) is 12.4. The summed E-state index contributed by atoms with van der Waals surface area (Å²) in [5.41, 5.74) is 9.03. The Morgan fingerprint density at radius 2 is 1.47 bits per heavy atom. The average Bonchev–Trinajstić information content (AvgIpc) is 3.57. The first kappa shape index (κ1) is 38.3. The van der Waals surface area contributed by atoms with Crippen molar-refractivity contribution in [1.29, 1.82) is 0 Å². The van der Waals surface area contributed by atoms with Crippen LogP contribution in [-0.4, -0.2) is 20.9 Å². The molecular weight excluding hydrogens is 825 g/mol. The quantitative estimate of drug-likeness (QED) is 0.0893. The second kappa shape index (κ2) is 16.2. The molecule has 0 bridgehead atoms. The monoisotopic (exact) mass is 872 g/mol. The molecule has 1 radical (unpaired) electrons. The third-order valence-corrected chi connectivity index (χ3v) is 12.5. The molecule has 0 saturated heterocycles. The summed E-state index contributed by atoms with van der Waals surface area (Å²) < 4.78 is 1.16. The predicted molar refractivity (Wildman–Crippen MR) is 211 cm³/mol. The number of benzene rings is 4. The molecule has 0 unspecified atom stereocenters. The Hall–Kier alpha value is -3.96. The Kier molecular flexibility index (Phi) is 12.1. The van der Waals surface area contributed by atoms with Crippen molar-refractivity contribution in [3.63, 3.8) is 0 Å². The van der Waals surface area contributed by atoms with Crippen LogP contribution in [0.4, 0.5) is 0 Å². The van der Waals surface area contributed by atoms with Gasteiger partial charge in [0.2, 0.25) is 0 Å². The number of aliphatic hydroxyl groups excluding tert-OH is 1. The van der Waals surface area contributed by atoms with Gasteiger partial charge < -0.3 is 5.11 Å². The van der Waals surface area contributed by atoms with Crippen molar-refractivity contribution in [3.05, 3.63) is 120 Å². The normalized spacial score (nSPS) is 12.8. The minimum atomic E-state index is -0.337. The fourth-order valence-corrected chi connectivity index (χ4v) is 8.08. The fourth-order valence-electron chi connectivity index (χ4n) is 6.72. The molecule has 0 amide bonds. The minimum Gasteiger partial charge on any atom is -0.512 e. The van der Waals surface area contributed by atoms with Crippen molar-refractivity contribution in [2.24, 2.45) is 10.8 Å². The molecule has 6 heteroatoms. The van der Waals surface area contributed by atoms with Gasteiger partial charge in [0, 0.05) is 52.3 Å². The van der Waals surface area contributed by atoms with Crippen molar-refractivity contribution >= 4 is 38.1 Å². The zero-order valence-corrected chi connectivity index (χ0v) is 33.7. The standard InChI is InChI=1S/C30H19N2S.C15H28O2.Ir/c1-2-8-19(9-3-1)26-17-22(16-21-11-5-6-12-23(21)26)27-30-28(32-18-31-27)25-15-14-20-10-4-7-13-24(20)29(25)33-30;1-7-14(5,8-2)12(16)11-13(17)15(6,9-3)10-4;/h1-13,17-18H,14-15H2;11,16H,7-10H2,1-6H3;/q-1;;/b;12-11-;. The molecule has 0 fully saturated rings. The predicted octanol–water partition coefficient (Wildman–Crippen LogP) is 12.4. The third-order valence-electron chi connectivity index (χ3n) is 11.2. The molecule has 1 N–H and O–H groups in total. The van der Waals surface area contributed by atoms with Gasteiger partial charge in [-0.2, -0.15) is 0 Å². The SMILES string of the molecule is CCC(C)(CC)C(=O)/C=C(\O)C(C)(CC)CC.[Ir].[c-]1c(-c2ncnc3c4c(sc23)-c2ccccc2CC4)cc(-c2ccccc2)c2ccccc12. The molecule has 0 atom stereocenters. The zero-order chi connectivity index (χ0) is 35.5. The van der Waals surface area contributed by atoms with Gasteiger partial charge in [-0.1, -0.05) is 131 Å². The van der Waals surface area contributed by atoms with Gasteiger partial charge in [-0.15, -0.1) is 34.9 Å². The van der Waals surface area contributed by atoms with Crippen LogP contribution in [0.3, 0.4) is 0 Å². The van der Waals surface area contributed by atoms with Crippen LogP contribution in [-0.2, 0) is 37.7 Å². The number of rotatable bonds is 9. The minimum absolute atomic E-state index is 0. The Labute approximate surface area is 320 Å². The van der Waals surface area contributed by atoms with Crippen molar-refractivity contribution in [1.82, 2.24) is 9.97 Å². The molecule has 1 aliphatic carbocycles.